The Bertz CT molecular complexity index is 1260. The van der Waals surface area contributed by atoms with Gasteiger partial charge in [0.2, 0.25) is 0 Å². The van der Waals surface area contributed by atoms with Crippen molar-refractivity contribution in [1.82, 2.24) is 5.32 Å². The zero-order valence-electron chi connectivity index (χ0n) is 19.9. The third-order valence-electron chi connectivity index (χ3n) is 6.55. The number of nitro groups is 1. The van der Waals surface area contributed by atoms with E-state index < -0.39 is 16.8 Å². The number of nitrogens with zero attached hydrogens (tertiary/aromatic N) is 1. The first-order valence-corrected chi connectivity index (χ1v) is 11.1. The summed E-state index contributed by atoms with van der Waals surface area (Å²) in [6, 6.07) is 11.5. The maximum absolute atomic E-state index is 13.6. The second kappa shape index (κ2) is 9.61. The van der Waals surface area contributed by atoms with Gasteiger partial charge in [-0.3, -0.25) is 14.9 Å². The topological polar surface area (TPSA) is 117 Å². The van der Waals surface area contributed by atoms with E-state index in [2.05, 4.69) is 5.32 Å². The monoisotopic (exact) mass is 478 g/mol. The maximum Gasteiger partial charge on any atom is 0.336 e. The average molecular weight is 479 g/mol. The van der Waals surface area contributed by atoms with Gasteiger partial charge in [-0.15, -0.1) is 0 Å². The Morgan fingerprint density at radius 3 is 2.26 bits per heavy atom. The van der Waals surface area contributed by atoms with Crippen LogP contribution in [0.1, 0.15) is 42.7 Å². The molecule has 4 rings (SSSR count). The second-order valence-electron chi connectivity index (χ2n) is 8.47. The summed E-state index contributed by atoms with van der Waals surface area (Å²) in [6.07, 6.45) is 0.790. The van der Waals surface area contributed by atoms with Gasteiger partial charge in [-0.05, 0) is 42.5 Å². The molecule has 0 amide bonds. The number of nitro benzene ring substituents is 1. The Labute approximate surface area is 202 Å². The normalized spacial score (nSPS) is 19.6. The van der Waals surface area contributed by atoms with Crippen molar-refractivity contribution in [3.63, 3.8) is 0 Å². The summed E-state index contributed by atoms with van der Waals surface area (Å²) in [6.45, 7) is 1.76. The molecule has 2 aromatic rings. The molecule has 0 spiro atoms. The molecule has 0 aromatic heterocycles. The molecule has 0 saturated carbocycles. The molecule has 1 N–H and O–H groups in total. The maximum atomic E-state index is 13.6. The van der Waals surface area contributed by atoms with Crippen molar-refractivity contribution < 1.29 is 28.7 Å². The minimum absolute atomic E-state index is 0.0688. The number of nitrogens with one attached hydrogen (secondary N) is 1. The lowest BCUT2D eigenvalue weighted by molar-refractivity contribution is -0.384. The van der Waals surface area contributed by atoms with Gasteiger partial charge in [0, 0.05) is 41.4 Å². The van der Waals surface area contributed by atoms with Gasteiger partial charge in [0.15, 0.2) is 17.3 Å². The molecular weight excluding hydrogens is 452 g/mol. The predicted molar refractivity (Wildman–Crippen MR) is 127 cm³/mol. The first-order chi connectivity index (χ1) is 16.8. The van der Waals surface area contributed by atoms with Crippen molar-refractivity contribution in [1.29, 1.82) is 0 Å². The molecule has 2 aromatic carbocycles. The quantitative estimate of drug-likeness (QED) is 0.374. The van der Waals surface area contributed by atoms with Crippen LogP contribution >= 0.6 is 0 Å². The second-order valence-corrected chi connectivity index (χ2v) is 8.47. The molecular formula is C26H26N2O7. The molecule has 0 saturated heterocycles. The van der Waals surface area contributed by atoms with Crippen molar-refractivity contribution in [2.45, 2.75) is 31.6 Å². The minimum Gasteiger partial charge on any atom is -0.493 e. The lowest BCUT2D eigenvalue weighted by Gasteiger charge is -2.36. The van der Waals surface area contributed by atoms with Crippen LogP contribution in [0.3, 0.4) is 0 Å². The third-order valence-corrected chi connectivity index (χ3v) is 6.55. The van der Waals surface area contributed by atoms with Crippen LogP contribution in [0.2, 0.25) is 0 Å². The van der Waals surface area contributed by atoms with Gasteiger partial charge in [0.05, 0.1) is 31.8 Å². The number of non-ortho nitro benzene ring substituents is 1. The highest BCUT2D eigenvalue weighted by Crippen LogP contribution is 2.46. The molecule has 1 heterocycles. The van der Waals surface area contributed by atoms with E-state index >= 15 is 0 Å². The molecule has 9 heteroatoms. The van der Waals surface area contributed by atoms with E-state index in [4.69, 9.17) is 14.2 Å². The number of methoxy groups -OCH3 is 3. The van der Waals surface area contributed by atoms with Gasteiger partial charge in [0.25, 0.3) is 5.69 Å². The lowest BCUT2D eigenvalue weighted by Crippen LogP contribution is -2.36. The van der Waals surface area contributed by atoms with Crippen LogP contribution < -0.4 is 14.8 Å². The molecule has 1 aliphatic carbocycles. The van der Waals surface area contributed by atoms with Crippen LogP contribution in [0, 0.1) is 10.1 Å². The third kappa shape index (κ3) is 4.37. The Morgan fingerprint density at radius 1 is 1.00 bits per heavy atom. The van der Waals surface area contributed by atoms with E-state index in [0.717, 1.165) is 11.3 Å². The Balaban J connectivity index is 1.77. The number of Topliss-reactive ketones (excluding diaryl/α,β-unsaturated/α-hetero) is 1. The molecule has 0 unspecified atom stereocenters. The summed E-state index contributed by atoms with van der Waals surface area (Å²) < 4.78 is 15.8. The highest BCUT2D eigenvalue weighted by molar-refractivity contribution is 6.04. The smallest absolute Gasteiger partial charge is 0.336 e. The fourth-order valence-corrected chi connectivity index (χ4v) is 4.88. The highest BCUT2D eigenvalue weighted by Gasteiger charge is 2.41. The van der Waals surface area contributed by atoms with E-state index in [1.165, 1.54) is 19.2 Å². The zero-order chi connectivity index (χ0) is 25.3. The number of allylic oxidation sites excluding steroid dienone is 3. The van der Waals surface area contributed by atoms with Crippen molar-refractivity contribution in [3.05, 3.63) is 86.2 Å². The number of ketones is 1. The Kier molecular flexibility index (Phi) is 6.59. The SMILES string of the molecule is COC(=O)C1=C(C)NC2=C(C(=O)C[C@H](c3ccc(OC)c(OC)c3)C2)[C@H]1c1ccc([N+](=O)[O-])cc1. The highest BCUT2D eigenvalue weighted by atomic mass is 16.6. The van der Waals surface area contributed by atoms with Crippen molar-refractivity contribution in [3.8, 4) is 11.5 Å². The average Bonchev–Trinajstić information content (AvgIpc) is 2.86. The predicted octanol–water partition coefficient (Wildman–Crippen LogP) is 4.15. The molecule has 9 nitrogen and oxygen atoms in total. The van der Waals surface area contributed by atoms with Crippen LogP contribution in [-0.4, -0.2) is 38.0 Å². The number of hydrogen-bond donors (Lipinski definition) is 1. The van der Waals surface area contributed by atoms with E-state index in [9.17, 15) is 19.7 Å². The fraction of sp³-hybridized carbons (Fsp3) is 0.308. The van der Waals surface area contributed by atoms with Gasteiger partial charge in [-0.25, -0.2) is 4.79 Å². The summed E-state index contributed by atoms with van der Waals surface area (Å²) >= 11 is 0. The van der Waals surface area contributed by atoms with Crippen LogP contribution in [-0.2, 0) is 14.3 Å². The van der Waals surface area contributed by atoms with Crippen LogP contribution in [0.4, 0.5) is 5.69 Å². The number of benzene rings is 2. The molecule has 0 fully saturated rings. The van der Waals surface area contributed by atoms with Crippen molar-refractivity contribution >= 4 is 17.4 Å². The fourth-order valence-electron chi connectivity index (χ4n) is 4.88. The standard InChI is InChI=1S/C26H26N2O7/c1-14-23(26(30)35-4)24(15-5-8-18(9-6-15)28(31)32)25-19(27-14)11-17(12-20(25)29)16-7-10-21(33-2)22(13-16)34-3/h5-10,13,17,24,27H,11-12H2,1-4H3/t17-,24+/m1/s1. The molecule has 35 heavy (non-hydrogen) atoms. The molecule has 0 bridgehead atoms. The van der Waals surface area contributed by atoms with E-state index in [1.807, 2.05) is 18.2 Å². The van der Waals surface area contributed by atoms with Crippen molar-refractivity contribution in [2.24, 2.45) is 0 Å². The van der Waals surface area contributed by atoms with E-state index in [-0.39, 0.29) is 23.8 Å². The van der Waals surface area contributed by atoms with E-state index in [0.29, 0.717) is 40.3 Å². The Morgan fingerprint density at radius 2 is 1.66 bits per heavy atom. The van der Waals surface area contributed by atoms with Gasteiger partial charge < -0.3 is 19.5 Å². The van der Waals surface area contributed by atoms with Gasteiger partial charge in [-0.1, -0.05) is 18.2 Å². The summed E-state index contributed by atoms with van der Waals surface area (Å²) in [5.74, 6) is -0.247. The van der Waals surface area contributed by atoms with Gasteiger partial charge >= 0.3 is 5.97 Å². The Hall–Kier alpha value is -4.14. The number of hydrogen-bond acceptors (Lipinski definition) is 8. The largest absolute Gasteiger partial charge is 0.493 e. The molecule has 2 atom stereocenters. The number of carbonyl (C=O) groups excluding carboxylic acids is 2. The van der Waals surface area contributed by atoms with E-state index in [1.54, 1.807) is 33.3 Å². The number of rotatable bonds is 6. The summed E-state index contributed by atoms with van der Waals surface area (Å²) in [4.78, 5) is 37.0. The van der Waals surface area contributed by atoms with Crippen molar-refractivity contribution in [2.75, 3.05) is 21.3 Å². The summed E-state index contributed by atoms with van der Waals surface area (Å²) in [5.41, 5.74) is 3.61. The number of dihydropyridines is 1. The molecule has 182 valence electrons. The van der Waals surface area contributed by atoms with Crippen LogP contribution in [0.25, 0.3) is 0 Å². The number of esters is 1. The zero-order valence-corrected chi connectivity index (χ0v) is 19.9. The molecule has 2 aliphatic rings. The summed E-state index contributed by atoms with van der Waals surface area (Å²) in [5, 5.41) is 14.4. The van der Waals surface area contributed by atoms with Crippen LogP contribution in [0.5, 0.6) is 11.5 Å². The first kappa shape index (κ1) is 24.0. The molecule has 1 aliphatic heterocycles. The van der Waals surface area contributed by atoms with Gasteiger partial charge in [-0.2, -0.15) is 0 Å². The number of ether oxygens (including phenoxy) is 3. The van der Waals surface area contributed by atoms with Crippen LogP contribution in [0.15, 0.2) is 65.0 Å². The summed E-state index contributed by atoms with van der Waals surface area (Å²) in [7, 11) is 4.42. The first-order valence-electron chi connectivity index (χ1n) is 11.1. The van der Waals surface area contributed by atoms with Gasteiger partial charge in [0.1, 0.15) is 0 Å². The lowest BCUT2D eigenvalue weighted by atomic mass is 9.71. The number of carbonyl (C=O) groups is 2. The minimum atomic E-state index is -0.682. The molecule has 0 radical (unpaired) electrons.